The van der Waals surface area contributed by atoms with Gasteiger partial charge in [0.25, 0.3) is 5.91 Å². The summed E-state index contributed by atoms with van der Waals surface area (Å²) in [4.78, 5) is 16.1. The molecule has 7 heteroatoms. The summed E-state index contributed by atoms with van der Waals surface area (Å²) in [6, 6.07) is 2.95. The van der Waals surface area contributed by atoms with Crippen LogP contribution in [0.4, 0.5) is 0 Å². The van der Waals surface area contributed by atoms with Crippen LogP contribution in [0.3, 0.4) is 0 Å². The molecule has 1 atom stereocenters. The molecular weight excluding hydrogens is 258 g/mol. The Morgan fingerprint density at radius 1 is 1.55 bits per heavy atom. The van der Waals surface area contributed by atoms with Crippen LogP contribution in [0.15, 0.2) is 24.7 Å². The number of carbonyl (C=O) groups is 1. The molecule has 1 amide bonds. The Morgan fingerprint density at radius 2 is 2.35 bits per heavy atom. The molecule has 0 aliphatic rings. The van der Waals surface area contributed by atoms with Crippen molar-refractivity contribution in [3.63, 3.8) is 0 Å². The second-order valence-corrected chi connectivity index (χ2v) is 4.38. The van der Waals surface area contributed by atoms with Gasteiger partial charge in [-0.1, -0.05) is 0 Å². The molecule has 0 aromatic carbocycles. The second kappa shape index (κ2) is 6.25. The van der Waals surface area contributed by atoms with Gasteiger partial charge in [-0.05, 0) is 31.5 Å². The van der Waals surface area contributed by atoms with Crippen LogP contribution in [0.5, 0.6) is 0 Å². The Hall–Kier alpha value is -2.28. The number of hydrogen-bond donors (Lipinski definition) is 2. The number of rotatable bonds is 5. The first-order chi connectivity index (χ1) is 9.65. The summed E-state index contributed by atoms with van der Waals surface area (Å²) in [5.41, 5.74) is 0.917. The molecule has 2 aromatic heterocycles. The Morgan fingerprint density at radius 3 is 3.05 bits per heavy atom. The number of nitrogens with zero attached hydrogens (tertiary/aromatic N) is 4. The first kappa shape index (κ1) is 14.1. The van der Waals surface area contributed by atoms with Gasteiger partial charge < -0.3 is 15.0 Å². The lowest BCUT2D eigenvalue weighted by molar-refractivity contribution is 0.0932. The first-order valence-corrected chi connectivity index (χ1v) is 6.40. The van der Waals surface area contributed by atoms with Crippen molar-refractivity contribution in [2.45, 2.75) is 33.0 Å². The highest BCUT2D eigenvalue weighted by Gasteiger charge is 2.17. The Kier molecular flexibility index (Phi) is 4.41. The highest BCUT2D eigenvalue weighted by Crippen LogP contribution is 2.10. The lowest BCUT2D eigenvalue weighted by Gasteiger charge is -2.13. The Bertz CT molecular complexity index is 596. The van der Waals surface area contributed by atoms with Gasteiger partial charge in [-0.15, -0.1) is 10.2 Å². The van der Waals surface area contributed by atoms with Crippen molar-refractivity contribution in [1.29, 1.82) is 0 Å². The van der Waals surface area contributed by atoms with Crippen LogP contribution in [0.2, 0.25) is 0 Å². The fraction of sp³-hybridized carbons (Fsp3) is 0.385. The monoisotopic (exact) mass is 275 g/mol. The van der Waals surface area contributed by atoms with Crippen molar-refractivity contribution in [2.75, 3.05) is 0 Å². The van der Waals surface area contributed by atoms with Crippen molar-refractivity contribution < 1.29 is 9.90 Å². The average molecular weight is 275 g/mol. The molecule has 0 saturated carbocycles. The topological polar surface area (TPSA) is 92.9 Å². The van der Waals surface area contributed by atoms with E-state index in [-0.39, 0.29) is 24.2 Å². The molecular formula is C13H17N5O2. The number of hydrogen-bond acceptors (Lipinski definition) is 5. The van der Waals surface area contributed by atoms with Gasteiger partial charge in [0, 0.05) is 12.7 Å². The normalized spacial score (nSPS) is 12.2. The number of pyridine rings is 1. The fourth-order valence-electron chi connectivity index (χ4n) is 1.87. The molecule has 2 aromatic rings. The highest BCUT2D eigenvalue weighted by atomic mass is 16.3. The Balaban J connectivity index is 2.11. The van der Waals surface area contributed by atoms with Crippen LogP contribution in [-0.2, 0) is 13.2 Å². The quantitative estimate of drug-likeness (QED) is 0.837. The standard InChI is InChI=1S/C13H17N5O2/c1-3-18-8-15-17-12(18)9(2)16-13(20)11-6-10(7-19)4-5-14-11/h4-6,8-9,19H,3,7H2,1-2H3,(H,16,20). The van der Waals surface area contributed by atoms with Crippen LogP contribution >= 0.6 is 0 Å². The summed E-state index contributed by atoms with van der Waals surface area (Å²) in [6.07, 6.45) is 3.13. The van der Waals surface area contributed by atoms with E-state index in [9.17, 15) is 4.79 Å². The maximum Gasteiger partial charge on any atom is 0.270 e. The minimum Gasteiger partial charge on any atom is -0.392 e. The third-order valence-electron chi connectivity index (χ3n) is 2.96. The number of aromatic nitrogens is 4. The van der Waals surface area contributed by atoms with Gasteiger partial charge >= 0.3 is 0 Å². The molecule has 20 heavy (non-hydrogen) atoms. The van der Waals surface area contributed by atoms with Crippen LogP contribution in [0.1, 0.15) is 41.8 Å². The molecule has 106 valence electrons. The molecule has 0 spiro atoms. The summed E-state index contributed by atoms with van der Waals surface area (Å²) >= 11 is 0. The molecule has 2 heterocycles. The lowest BCUT2D eigenvalue weighted by Crippen LogP contribution is -2.29. The zero-order chi connectivity index (χ0) is 14.5. The molecule has 1 unspecified atom stereocenters. The summed E-state index contributed by atoms with van der Waals surface area (Å²) in [6.45, 7) is 4.43. The van der Waals surface area contributed by atoms with Gasteiger partial charge in [0.15, 0.2) is 5.82 Å². The van der Waals surface area contributed by atoms with E-state index in [0.29, 0.717) is 11.4 Å². The smallest absolute Gasteiger partial charge is 0.270 e. The van der Waals surface area contributed by atoms with Crippen LogP contribution in [0.25, 0.3) is 0 Å². The Labute approximate surface area is 116 Å². The van der Waals surface area contributed by atoms with Crippen LogP contribution < -0.4 is 5.32 Å². The van der Waals surface area contributed by atoms with Crippen molar-refractivity contribution in [3.05, 3.63) is 41.7 Å². The highest BCUT2D eigenvalue weighted by molar-refractivity contribution is 5.92. The number of aryl methyl sites for hydroxylation is 1. The molecule has 7 nitrogen and oxygen atoms in total. The van der Waals surface area contributed by atoms with E-state index in [1.165, 1.54) is 6.20 Å². The molecule has 0 fully saturated rings. The summed E-state index contributed by atoms with van der Waals surface area (Å²) in [7, 11) is 0. The van der Waals surface area contributed by atoms with E-state index >= 15 is 0 Å². The molecule has 0 saturated heterocycles. The van der Waals surface area contributed by atoms with Gasteiger partial charge in [-0.25, -0.2) is 0 Å². The average Bonchev–Trinajstić information content (AvgIpc) is 2.95. The molecule has 0 bridgehead atoms. The summed E-state index contributed by atoms with van der Waals surface area (Å²) in [5, 5.41) is 19.7. The summed E-state index contributed by atoms with van der Waals surface area (Å²) < 4.78 is 1.86. The van der Waals surface area contributed by atoms with E-state index in [2.05, 4.69) is 20.5 Å². The molecule has 2 rings (SSSR count). The van der Waals surface area contributed by atoms with Gasteiger partial charge in [0.05, 0.1) is 12.6 Å². The van der Waals surface area contributed by atoms with Gasteiger partial charge in [0.2, 0.25) is 0 Å². The second-order valence-electron chi connectivity index (χ2n) is 4.38. The zero-order valence-electron chi connectivity index (χ0n) is 11.4. The van der Waals surface area contributed by atoms with Gasteiger partial charge in [-0.3, -0.25) is 9.78 Å². The number of aliphatic hydroxyl groups excluding tert-OH is 1. The van der Waals surface area contributed by atoms with Crippen LogP contribution in [0, 0.1) is 0 Å². The van der Waals surface area contributed by atoms with Crippen molar-refractivity contribution in [1.82, 2.24) is 25.1 Å². The van der Waals surface area contributed by atoms with E-state index in [1.54, 1.807) is 18.5 Å². The predicted octanol–water partition coefficient (Wildman–Crippen LogP) is 0.676. The maximum atomic E-state index is 12.1. The van der Waals surface area contributed by atoms with E-state index in [0.717, 1.165) is 6.54 Å². The molecule has 2 N–H and O–H groups in total. The zero-order valence-corrected chi connectivity index (χ0v) is 11.4. The van der Waals surface area contributed by atoms with E-state index in [4.69, 9.17) is 5.11 Å². The van der Waals surface area contributed by atoms with E-state index in [1.807, 2.05) is 18.4 Å². The third kappa shape index (κ3) is 3.00. The predicted molar refractivity (Wildman–Crippen MR) is 71.7 cm³/mol. The molecule has 0 aliphatic heterocycles. The van der Waals surface area contributed by atoms with Crippen LogP contribution in [-0.4, -0.2) is 30.8 Å². The van der Waals surface area contributed by atoms with Crippen molar-refractivity contribution in [2.24, 2.45) is 0 Å². The maximum absolute atomic E-state index is 12.1. The van der Waals surface area contributed by atoms with Crippen molar-refractivity contribution >= 4 is 5.91 Å². The lowest BCUT2D eigenvalue weighted by atomic mass is 10.2. The minimum atomic E-state index is -0.307. The van der Waals surface area contributed by atoms with E-state index < -0.39 is 0 Å². The van der Waals surface area contributed by atoms with Crippen molar-refractivity contribution in [3.8, 4) is 0 Å². The summed E-state index contributed by atoms with van der Waals surface area (Å²) in [5.74, 6) is 0.387. The minimum absolute atomic E-state index is 0.123. The largest absolute Gasteiger partial charge is 0.392 e. The van der Waals surface area contributed by atoms with Gasteiger partial charge in [0.1, 0.15) is 12.0 Å². The third-order valence-corrected chi connectivity index (χ3v) is 2.96. The first-order valence-electron chi connectivity index (χ1n) is 6.40. The van der Waals surface area contributed by atoms with Gasteiger partial charge in [-0.2, -0.15) is 0 Å². The fourth-order valence-corrected chi connectivity index (χ4v) is 1.87. The number of amides is 1. The molecule has 0 aliphatic carbocycles. The molecule has 0 radical (unpaired) electrons. The number of carbonyl (C=O) groups excluding carboxylic acids is 1. The number of nitrogens with one attached hydrogen (secondary N) is 1. The number of aliphatic hydroxyl groups is 1. The SMILES string of the molecule is CCn1cnnc1C(C)NC(=O)c1cc(CO)ccn1.